The number of fused-ring (bicyclic) bond motifs is 1. The zero-order chi connectivity index (χ0) is 14.1. The summed E-state index contributed by atoms with van der Waals surface area (Å²) in [6.45, 7) is 4.79. The number of nitrogens with one attached hydrogen (secondary N) is 1. The van der Waals surface area contributed by atoms with Crippen molar-refractivity contribution in [3.8, 4) is 0 Å². The van der Waals surface area contributed by atoms with Gasteiger partial charge in [-0.25, -0.2) is 0 Å². The summed E-state index contributed by atoms with van der Waals surface area (Å²) in [6, 6.07) is 7.53. The van der Waals surface area contributed by atoms with E-state index in [0.717, 1.165) is 16.9 Å². The van der Waals surface area contributed by atoms with Crippen LogP contribution >= 0.6 is 23.4 Å². The van der Waals surface area contributed by atoms with Crippen LogP contribution in [0.5, 0.6) is 0 Å². The van der Waals surface area contributed by atoms with Gasteiger partial charge in [-0.2, -0.15) is 0 Å². The number of rotatable bonds is 2. The molecule has 1 aliphatic carbocycles. The Morgan fingerprint density at radius 1 is 1.15 bits per heavy atom. The minimum Gasteiger partial charge on any atom is -0.307 e. The van der Waals surface area contributed by atoms with E-state index in [0.29, 0.717) is 12.1 Å². The average Bonchev–Trinajstić information content (AvgIpc) is 2.38. The van der Waals surface area contributed by atoms with E-state index in [1.165, 1.54) is 41.9 Å². The Hall–Kier alpha value is -0.180. The first-order valence-electron chi connectivity index (χ1n) is 7.80. The third kappa shape index (κ3) is 3.35. The standard InChI is InChI=1S/C17H24ClNS/c1-11-7-12(2)9-14(8-11)19-16-5-6-20-17-4-3-13(18)10-15(16)17/h3-4,10-12,14,16,19H,5-9H2,1-2H3. The Balaban J connectivity index is 1.74. The molecule has 1 aromatic rings. The predicted octanol–water partition coefficient (Wildman–Crippen LogP) is 5.29. The molecule has 3 heteroatoms. The Bertz CT molecular complexity index is 466. The smallest absolute Gasteiger partial charge is 0.0410 e. The van der Waals surface area contributed by atoms with Crippen LogP contribution in [0.25, 0.3) is 0 Å². The number of hydrogen-bond acceptors (Lipinski definition) is 2. The molecular formula is C17H24ClNS. The van der Waals surface area contributed by atoms with E-state index in [4.69, 9.17) is 11.6 Å². The highest BCUT2D eigenvalue weighted by molar-refractivity contribution is 7.99. The fraction of sp³-hybridized carbons (Fsp3) is 0.647. The zero-order valence-electron chi connectivity index (χ0n) is 12.4. The van der Waals surface area contributed by atoms with Gasteiger partial charge in [0.05, 0.1) is 0 Å². The number of thioether (sulfide) groups is 1. The fourth-order valence-electron chi connectivity index (χ4n) is 3.91. The van der Waals surface area contributed by atoms with Gasteiger partial charge >= 0.3 is 0 Å². The molecule has 0 amide bonds. The van der Waals surface area contributed by atoms with E-state index in [2.05, 4.69) is 31.3 Å². The summed E-state index contributed by atoms with van der Waals surface area (Å²) in [5, 5.41) is 4.79. The van der Waals surface area contributed by atoms with E-state index in [1.807, 2.05) is 17.8 Å². The van der Waals surface area contributed by atoms with Gasteiger partial charge < -0.3 is 5.32 Å². The van der Waals surface area contributed by atoms with Crippen molar-refractivity contribution in [3.63, 3.8) is 0 Å². The second-order valence-electron chi connectivity index (χ2n) is 6.65. The molecule has 20 heavy (non-hydrogen) atoms. The molecule has 3 unspecified atom stereocenters. The maximum Gasteiger partial charge on any atom is 0.0410 e. The molecule has 1 fully saturated rings. The molecule has 0 bridgehead atoms. The molecular weight excluding hydrogens is 286 g/mol. The lowest BCUT2D eigenvalue weighted by atomic mass is 9.80. The molecule has 2 aliphatic rings. The summed E-state index contributed by atoms with van der Waals surface area (Å²) >= 11 is 8.16. The van der Waals surface area contributed by atoms with Crippen LogP contribution in [-0.2, 0) is 0 Å². The maximum absolute atomic E-state index is 6.19. The molecule has 0 radical (unpaired) electrons. The van der Waals surface area contributed by atoms with Crippen LogP contribution in [0.1, 0.15) is 51.1 Å². The summed E-state index contributed by atoms with van der Waals surface area (Å²) in [5.74, 6) is 2.92. The molecule has 1 aliphatic heterocycles. The van der Waals surface area contributed by atoms with Crippen molar-refractivity contribution in [2.75, 3.05) is 5.75 Å². The molecule has 0 saturated heterocycles. The zero-order valence-corrected chi connectivity index (χ0v) is 13.9. The third-order valence-corrected chi connectivity index (χ3v) is 5.98. The van der Waals surface area contributed by atoms with Crippen LogP contribution < -0.4 is 5.32 Å². The quantitative estimate of drug-likeness (QED) is 0.796. The van der Waals surface area contributed by atoms with Crippen molar-refractivity contribution in [1.29, 1.82) is 0 Å². The van der Waals surface area contributed by atoms with E-state index >= 15 is 0 Å². The largest absolute Gasteiger partial charge is 0.307 e. The minimum absolute atomic E-state index is 0.493. The van der Waals surface area contributed by atoms with Gasteiger partial charge in [-0.3, -0.25) is 0 Å². The highest BCUT2D eigenvalue weighted by atomic mass is 35.5. The highest BCUT2D eigenvalue weighted by Crippen LogP contribution is 2.39. The second kappa shape index (κ2) is 6.29. The number of halogens is 1. The molecule has 1 nitrogen and oxygen atoms in total. The van der Waals surface area contributed by atoms with Crippen LogP contribution in [0.4, 0.5) is 0 Å². The van der Waals surface area contributed by atoms with Gasteiger partial charge in [0.25, 0.3) is 0 Å². The van der Waals surface area contributed by atoms with E-state index in [9.17, 15) is 0 Å². The van der Waals surface area contributed by atoms with Crippen LogP contribution in [0.2, 0.25) is 5.02 Å². The highest BCUT2D eigenvalue weighted by Gasteiger charge is 2.28. The summed E-state index contributed by atoms with van der Waals surface area (Å²) < 4.78 is 0. The lowest BCUT2D eigenvalue weighted by molar-refractivity contribution is 0.223. The predicted molar refractivity (Wildman–Crippen MR) is 88.6 cm³/mol. The van der Waals surface area contributed by atoms with Crippen molar-refractivity contribution in [2.24, 2.45) is 11.8 Å². The molecule has 3 rings (SSSR count). The van der Waals surface area contributed by atoms with Crippen LogP contribution in [0, 0.1) is 11.8 Å². The first-order chi connectivity index (χ1) is 9.61. The summed E-state index contributed by atoms with van der Waals surface area (Å²) in [7, 11) is 0. The molecule has 1 N–H and O–H groups in total. The SMILES string of the molecule is CC1CC(C)CC(NC2CCSc3ccc(Cl)cc32)C1. The van der Waals surface area contributed by atoms with Gasteiger partial charge in [0.2, 0.25) is 0 Å². The third-order valence-electron chi connectivity index (χ3n) is 4.63. The maximum atomic E-state index is 6.19. The van der Waals surface area contributed by atoms with E-state index in [1.54, 1.807) is 0 Å². The lowest BCUT2D eigenvalue weighted by Gasteiger charge is -2.36. The molecule has 1 aromatic carbocycles. The Labute approximate surface area is 131 Å². The van der Waals surface area contributed by atoms with Crippen LogP contribution in [0.3, 0.4) is 0 Å². The molecule has 110 valence electrons. The average molecular weight is 310 g/mol. The Morgan fingerprint density at radius 2 is 1.90 bits per heavy atom. The van der Waals surface area contributed by atoms with Crippen LogP contribution in [0.15, 0.2) is 23.1 Å². The van der Waals surface area contributed by atoms with Crippen molar-refractivity contribution >= 4 is 23.4 Å². The topological polar surface area (TPSA) is 12.0 Å². The normalized spacial score (nSPS) is 33.8. The van der Waals surface area contributed by atoms with Gasteiger partial charge in [-0.15, -0.1) is 11.8 Å². The number of benzene rings is 1. The molecule has 1 saturated carbocycles. The second-order valence-corrected chi connectivity index (χ2v) is 8.23. The van der Waals surface area contributed by atoms with Gasteiger partial charge in [0.1, 0.15) is 0 Å². The summed E-state index contributed by atoms with van der Waals surface area (Å²) in [4.78, 5) is 1.41. The lowest BCUT2D eigenvalue weighted by Crippen LogP contribution is -2.39. The summed E-state index contributed by atoms with van der Waals surface area (Å²) in [5.41, 5.74) is 1.42. The van der Waals surface area contributed by atoms with E-state index in [-0.39, 0.29) is 0 Å². The minimum atomic E-state index is 0.493. The first-order valence-corrected chi connectivity index (χ1v) is 9.16. The van der Waals surface area contributed by atoms with Crippen molar-refractivity contribution in [1.82, 2.24) is 5.32 Å². The van der Waals surface area contributed by atoms with Gasteiger partial charge in [-0.05, 0) is 67.0 Å². The number of hydrogen-bond donors (Lipinski definition) is 1. The fourth-order valence-corrected chi connectivity index (χ4v) is 5.19. The Morgan fingerprint density at radius 3 is 2.65 bits per heavy atom. The Kier molecular flexibility index (Phi) is 4.64. The van der Waals surface area contributed by atoms with Gasteiger partial charge in [-0.1, -0.05) is 25.4 Å². The molecule has 0 aromatic heterocycles. The molecule has 0 spiro atoms. The first kappa shape index (κ1) is 14.7. The van der Waals surface area contributed by atoms with Gasteiger partial charge in [0.15, 0.2) is 0 Å². The summed E-state index contributed by atoms with van der Waals surface area (Å²) in [6.07, 6.45) is 5.26. The molecule has 3 atom stereocenters. The van der Waals surface area contributed by atoms with Gasteiger partial charge in [0, 0.05) is 22.0 Å². The van der Waals surface area contributed by atoms with Crippen LogP contribution in [-0.4, -0.2) is 11.8 Å². The monoisotopic (exact) mass is 309 g/mol. The van der Waals surface area contributed by atoms with Crippen molar-refractivity contribution in [3.05, 3.63) is 28.8 Å². The van der Waals surface area contributed by atoms with E-state index < -0.39 is 0 Å². The molecule has 1 heterocycles. The van der Waals surface area contributed by atoms with Crippen molar-refractivity contribution in [2.45, 2.75) is 56.5 Å². The van der Waals surface area contributed by atoms with Crippen molar-refractivity contribution < 1.29 is 0 Å².